The summed E-state index contributed by atoms with van der Waals surface area (Å²) in [6.07, 6.45) is 0. The summed E-state index contributed by atoms with van der Waals surface area (Å²) >= 11 is 0. The van der Waals surface area contributed by atoms with Crippen molar-refractivity contribution in [3.05, 3.63) is 125 Å². The molecule has 4 heterocycles. The molecule has 12 heteroatoms. The molecular weight excluding hydrogens is 664 g/mol. The van der Waals surface area contributed by atoms with E-state index in [1.807, 2.05) is 0 Å². The number of carboxylic acid groups (broad SMARTS) is 2. The fourth-order valence-corrected chi connectivity index (χ4v) is 8.82. The predicted molar refractivity (Wildman–Crippen MR) is 196 cm³/mol. The van der Waals surface area contributed by atoms with Crippen LogP contribution in [0.25, 0.3) is 109 Å². The molecule has 0 spiro atoms. The van der Waals surface area contributed by atoms with Gasteiger partial charge in [-0.1, -0.05) is 0 Å². The van der Waals surface area contributed by atoms with E-state index >= 15 is 0 Å². The Morgan fingerprint density at radius 1 is 0.442 bits per heavy atom. The van der Waals surface area contributed by atoms with Crippen LogP contribution in [0.5, 0.6) is 0 Å². The Hall–Kier alpha value is -7.60. The van der Waals surface area contributed by atoms with Crippen molar-refractivity contribution in [2.45, 2.75) is 0 Å². The lowest BCUT2D eigenvalue weighted by Gasteiger charge is -2.19. The third-order valence-electron chi connectivity index (χ3n) is 10.9. The molecule has 4 aromatic heterocycles. The van der Waals surface area contributed by atoms with Crippen LogP contribution in [-0.2, 0) is 0 Å². The van der Waals surface area contributed by atoms with Gasteiger partial charge in [0.1, 0.15) is 11.3 Å². The molecule has 0 aliphatic carbocycles. The van der Waals surface area contributed by atoms with E-state index in [-0.39, 0.29) is 54.8 Å². The minimum absolute atomic E-state index is 0.0128. The van der Waals surface area contributed by atoms with E-state index in [9.17, 15) is 39.0 Å². The van der Waals surface area contributed by atoms with Gasteiger partial charge in [-0.3, -0.25) is 28.0 Å². The van der Waals surface area contributed by atoms with Crippen LogP contribution in [0, 0.1) is 0 Å². The number of benzene rings is 8. The summed E-state index contributed by atoms with van der Waals surface area (Å²) in [4.78, 5) is 90.9. The Morgan fingerprint density at radius 3 is 1.63 bits per heavy atom. The zero-order valence-corrected chi connectivity index (χ0v) is 26.1. The topological polar surface area (TPSA) is 177 Å². The van der Waals surface area contributed by atoms with Crippen molar-refractivity contribution < 1.29 is 19.8 Å². The number of pyridine rings is 2. The summed E-state index contributed by atoms with van der Waals surface area (Å²) in [5.74, 6) is -2.29. The van der Waals surface area contributed by atoms with Crippen LogP contribution in [0.3, 0.4) is 0 Å². The van der Waals surface area contributed by atoms with E-state index in [1.54, 1.807) is 36.4 Å². The number of hydrogen-bond acceptors (Lipinski definition) is 8. The second-order valence-electron chi connectivity index (χ2n) is 13.3. The number of imidazole rings is 2. The summed E-state index contributed by atoms with van der Waals surface area (Å²) in [5, 5.41) is 24.6. The minimum Gasteiger partial charge on any atom is -0.478 e. The van der Waals surface area contributed by atoms with Gasteiger partial charge in [0.25, 0.3) is 11.1 Å². The molecule has 0 saturated carbocycles. The van der Waals surface area contributed by atoms with Gasteiger partial charge in [-0.05, 0) is 72.8 Å². The van der Waals surface area contributed by atoms with Gasteiger partial charge >= 0.3 is 11.9 Å². The summed E-state index contributed by atoms with van der Waals surface area (Å²) in [6.45, 7) is 0. The van der Waals surface area contributed by atoms with E-state index in [0.717, 1.165) is 0 Å². The Kier molecular flexibility index (Phi) is 4.40. The number of aromatic nitrogens is 4. The van der Waals surface area contributed by atoms with Crippen LogP contribution < -0.4 is 22.0 Å². The van der Waals surface area contributed by atoms with Crippen molar-refractivity contribution in [3.8, 4) is 0 Å². The smallest absolute Gasteiger partial charge is 0.335 e. The molecule has 52 heavy (non-hydrogen) atoms. The molecule has 0 aliphatic heterocycles. The molecule has 12 rings (SSSR count). The lowest BCUT2D eigenvalue weighted by Crippen LogP contribution is -2.17. The largest absolute Gasteiger partial charge is 0.478 e. The number of carboxylic acids is 2. The summed E-state index contributed by atoms with van der Waals surface area (Å²) in [5.41, 5.74) is 0.284. The monoisotopic (exact) mass is 678 g/mol. The van der Waals surface area contributed by atoms with Gasteiger partial charge in [0, 0.05) is 75.4 Å². The molecule has 0 amide bonds. The molecular formula is C40H14N4O8. The predicted octanol–water partition coefficient (Wildman–Crippen LogP) is 5.39. The summed E-state index contributed by atoms with van der Waals surface area (Å²) < 4.78 is 2.76. The minimum atomic E-state index is -1.16. The van der Waals surface area contributed by atoms with E-state index in [2.05, 4.69) is 4.98 Å². The third-order valence-corrected chi connectivity index (χ3v) is 10.9. The van der Waals surface area contributed by atoms with Crippen molar-refractivity contribution in [1.29, 1.82) is 0 Å². The molecule has 0 fully saturated rings. The first-order chi connectivity index (χ1) is 25.1. The Bertz CT molecular complexity index is 3950. The van der Waals surface area contributed by atoms with E-state index in [1.165, 1.54) is 45.2 Å². The van der Waals surface area contributed by atoms with Gasteiger partial charge in [0.15, 0.2) is 10.9 Å². The maximum absolute atomic E-state index is 14.7. The van der Waals surface area contributed by atoms with Crippen LogP contribution in [0.15, 0.2) is 92.0 Å². The van der Waals surface area contributed by atoms with E-state index in [4.69, 9.17) is 4.98 Å². The van der Waals surface area contributed by atoms with Crippen LogP contribution in [0.1, 0.15) is 20.7 Å². The first-order valence-electron chi connectivity index (χ1n) is 16.1. The zero-order valence-electron chi connectivity index (χ0n) is 26.1. The Morgan fingerprint density at radius 2 is 0.942 bits per heavy atom. The zero-order chi connectivity index (χ0) is 35.2. The quantitative estimate of drug-likeness (QED) is 0.178. The molecule has 0 aliphatic rings. The number of aromatic carboxylic acids is 2. The average molecular weight is 679 g/mol. The molecule has 12 aromatic rings. The van der Waals surface area contributed by atoms with Crippen molar-refractivity contribution >= 4 is 121 Å². The Balaban J connectivity index is 1.34. The molecule has 0 bridgehead atoms. The maximum Gasteiger partial charge on any atom is 0.335 e. The molecule has 8 aromatic carbocycles. The van der Waals surface area contributed by atoms with Crippen molar-refractivity contribution in [2.75, 3.05) is 0 Å². The first-order valence-corrected chi connectivity index (χ1v) is 16.1. The highest BCUT2D eigenvalue weighted by molar-refractivity contribution is 6.43. The van der Waals surface area contributed by atoms with Gasteiger partial charge < -0.3 is 10.2 Å². The van der Waals surface area contributed by atoms with Gasteiger partial charge in [-0.25, -0.2) is 19.6 Å². The molecule has 0 saturated heterocycles. The van der Waals surface area contributed by atoms with Crippen molar-refractivity contribution in [3.63, 3.8) is 0 Å². The highest BCUT2D eigenvalue weighted by atomic mass is 16.4. The molecule has 0 atom stereocenters. The van der Waals surface area contributed by atoms with E-state index < -0.39 is 23.1 Å². The first kappa shape index (κ1) is 27.2. The van der Waals surface area contributed by atoms with Crippen LogP contribution in [0.4, 0.5) is 0 Å². The number of hydrogen-bond donors (Lipinski definition) is 2. The van der Waals surface area contributed by atoms with Gasteiger partial charge in [-0.15, -0.1) is 0 Å². The van der Waals surface area contributed by atoms with E-state index in [0.29, 0.717) is 75.9 Å². The standard InChI is InChI=1S/C40H14N4O8/c45-33-15-3-5-17-27-22(38(48)43-25-8-2-13(39(49)50)9-24(25)42-35(17)43)12-20-32(29(15)27)31-19(33)11-21-28-18(6-4-16(30(28)31)34(20)46)37(47)44-26-10-14(40(51)52)1-7-23(26)41-36(21)44/h1-12H,(H,49,50)(H,51,52). The highest BCUT2D eigenvalue weighted by Crippen LogP contribution is 2.45. The molecule has 12 nitrogen and oxygen atoms in total. The van der Waals surface area contributed by atoms with Crippen molar-refractivity contribution in [1.82, 2.24) is 18.8 Å². The Labute approximate surface area is 283 Å². The lowest BCUT2D eigenvalue weighted by atomic mass is 9.83. The number of nitrogens with zero attached hydrogens (tertiary/aromatic N) is 4. The SMILES string of the molecule is O=C(O)c1ccc2c(c1)nc1c3ccc4c(=O)c5cc6c7c(ccc8c(=O)c9cc(c(=O)n21)c3c4c9c5c87)c(=O)n1c2cc(C(=O)O)ccc2nc61. The number of rotatable bonds is 2. The van der Waals surface area contributed by atoms with Gasteiger partial charge in [0.2, 0.25) is 0 Å². The van der Waals surface area contributed by atoms with Crippen LogP contribution >= 0.6 is 0 Å². The molecule has 0 radical (unpaired) electrons. The molecule has 0 unspecified atom stereocenters. The third kappa shape index (κ3) is 2.82. The van der Waals surface area contributed by atoms with Gasteiger partial charge in [-0.2, -0.15) is 0 Å². The normalized spacial score (nSPS) is 12.8. The highest BCUT2D eigenvalue weighted by Gasteiger charge is 2.28. The van der Waals surface area contributed by atoms with Crippen LogP contribution in [-0.4, -0.2) is 40.9 Å². The van der Waals surface area contributed by atoms with Crippen molar-refractivity contribution in [2.24, 2.45) is 0 Å². The fraction of sp³-hybridized carbons (Fsp3) is 0. The second kappa shape index (κ2) is 8.40. The fourth-order valence-electron chi connectivity index (χ4n) is 8.82. The second-order valence-corrected chi connectivity index (χ2v) is 13.3. The summed E-state index contributed by atoms with van der Waals surface area (Å²) in [7, 11) is 0. The number of carbonyl (C=O) groups is 2. The molecule has 242 valence electrons. The molecule has 2 N–H and O–H groups in total. The van der Waals surface area contributed by atoms with Crippen LogP contribution in [0.2, 0.25) is 0 Å². The number of fused-ring (bicyclic) bond motifs is 8. The lowest BCUT2D eigenvalue weighted by molar-refractivity contribution is 0.0686. The average Bonchev–Trinajstić information content (AvgIpc) is 3.73. The maximum atomic E-state index is 14.7. The summed E-state index contributed by atoms with van der Waals surface area (Å²) in [6, 6.07) is 18.4. The van der Waals surface area contributed by atoms with Gasteiger partial charge in [0.05, 0.1) is 33.2 Å².